The van der Waals surface area contributed by atoms with Gasteiger partial charge in [0.1, 0.15) is 0 Å². The fourth-order valence-electron chi connectivity index (χ4n) is 2.34. The third-order valence-electron chi connectivity index (χ3n) is 3.77. The van der Waals surface area contributed by atoms with Gasteiger partial charge in [0, 0.05) is 16.8 Å². The number of aryl methyl sites for hydroxylation is 2. The van der Waals surface area contributed by atoms with E-state index in [-0.39, 0.29) is 5.78 Å². The van der Waals surface area contributed by atoms with Crippen LogP contribution in [-0.2, 0) is 0 Å². The van der Waals surface area contributed by atoms with E-state index in [9.17, 15) is 4.79 Å². The summed E-state index contributed by atoms with van der Waals surface area (Å²) in [6.07, 6.45) is 0. The standard InChI is InChI=1S/C17H19NO/c1-10-9-11(2)13(4)16(12(10)3)17(19)14-5-7-15(18)8-6-14/h5-9H,18H2,1-4H3. The molecule has 0 saturated carbocycles. The Kier molecular flexibility index (Phi) is 3.43. The number of nitrogen functional groups attached to an aromatic ring is 1. The Morgan fingerprint density at radius 3 is 1.84 bits per heavy atom. The zero-order chi connectivity index (χ0) is 14.2. The highest BCUT2D eigenvalue weighted by Gasteiger charge is 2.17. The summed E-state index contributed by atoms with van der Waals surface area (Å²) >= 11 is 0. The molecule has 0 radical (unpaired) electrons. The van der Waals surface area contributed by atoms with Gasteiger partial charge < -0.3 is 5.73 Å². The van der Waals surface area contributed by atoms with E-state index in [1.165, 1.54) is 0 Å². The van der Waals surface area contributed by atoms with Gasteiger partial charge in [-0.25, -0.2) is 0 Å². The summed E-state index contributed by atoms with van der Waals surface area (Å²) in [4.78, 5) is 12.7. The number of rotatable bonds is 2. The van der Waals surface area contributed by atoms with Crippen molar-refractivity contribution in [2.75, 3.05) is 5.73 Å². The normalized spacial score (nSPS) is 10.5. The van der Waals surface area contributed by atoms with Crippen molar-refractivity contribution >= 4 is 11.5 Å². The van der Waals surface area contributed by atoms with Crippen molar-refractivity contribution in [1.82, 2.24) is 0 Å². The van der Waals surface area contributed by atoms with E-state index in [1.807, 2.05) is 27.7 Å². The molecule has 0 aliphatic rings. The topological polar surface area (TPSA) is 43.1 Å². The van der Waals surface area contributed by atoms with Crippen molar-refractivity contribution in [1.29, 1.82) is 0 Å². The molecule has 0 heterocycles. The van der Waals surface area contributed by atoms with E-state index in [0.29, 0.717) is 11.3 Å². The molecule has 2 heteroatoms. The van der Waals surface area contributed by atoms with Gasteiger partial charge >= 0.3 is 0 Å². The van der Waals surface area contributed by atoms with Crippen LogP contribution in [0.1, 0.15) is 38.2 Å². The highest BCUT2D eigenvalue weighted by Crippen LogP contribution is 2.24. The van der Waals surface area contributed by atoms with Crippen LogP contribution in [0, 0.1) is 27.7 Å². The molecule has 2 aromatic carbocycles. The van der Waals surface area contributed by atoms with Crippen molar-refractivity contribution in [3.8, 4) is 0 Å². The Bertz CT molecular complexity index is 613. The second-order valence-electron chi connectivity index (χ2n) is 5.09. The number of nitrogens with two attached hydrogens (primary N) is 1. The SMILES string of the molecule is Cc1cc(C)c(C)c(C(=O)c2ccc(N)cc2)c1C. The number of carbonyl (C=O) groups excluding carboxylic acids is 1. The summed E-state index contributed by atoms with van der Waals surface area (Å²) in [5, 5.41) is 0. The molecule has 0 aliphatic heterocycles. The van der Waals surface area contributed by atoms with Crippen LogP contribution in [0.3, 0.4) is 0 Å². The van der Waals surface area contributed by atoms with Crippen LogP contribution in [0.4, 0.5) is 5.69 Å². The summed E-state index contributed by atoms with van der Waals surface area (Å²) in [7, 11) is 0. The van der Waals surface area contributed by atoms with Crippen LogP contribution in [0.25, 0.3) is 0 Å². The number of carbonyl (C=O) groups is 1. The third kappa shape index (κ3) is 2.39. The van der Waals surface area contributed by atoms with Gasteiger partial charge in [-0.2, -0.15) is 0 Å². The molecule has 0 fully saturated rings. The average Bonchev–Trinajstić information content (AvgIpc) is 2.37. The molecule has 0 aromatic heterocycles. The molecule has 0 saturated heterocycles. The smallest absolute Gasteiger partial charge is 0.193 e. The molecule has 0 amide bonds. The molecule has 0 spiro atoms. The first-order chi connectivity index (χ1) is 8.91. The summed E-state index contributed by atoms with van der Waals surface area (Å²) in [5.41, 5.74) is 12.3. The van der Waals surface area contributed by atoms with Gasteiger partial charge in [0.25, 0.3) is 0 Å². The van der Waals surface area contributed by atoms with Gasteiger partial charge in [-0.1, -0.05) is 6.07 Å². The van der Waals surface area contributed by atoms with Crippen LogP contribution in [0.2, 0.25) is 0 Å². The van der Waals surface area contributed by atoms with E-state index < -0.39 is 0 Å². The van der Waals surface area contributed by atoms with Crippen molar-refractivity contribution in [2.24, 2.45) is 0 Å². The highest BCUT2D eigenvalue weighted by molar-refractivity contribution is 6.11. The third-order valence-corrected chi connectivity index (χ3v) is 3.77. The average molecular weight is 253 g/mol. The van der Waals surface area contributed by atoms with Crippen LogP contribution in [0.5, 0.6) is 0 Å². The first-order valence-corrected chi connectivity index (χ1v) is 6.39. The molecule has 2 nitrogen and oxygen atoms in total. The monoisotopic (exact) mass is 253 g/mol. The lowest BCUT2D eigenvalue weighted by molar-refractivity contribution is 0.103. The van der Waals surface area contributed by atoms with Gasteiger partial charge in [-0.15, -0.1) is 0 Å². The minimum Gasteiger partial charge on any atom is -0.399 e. The van der Waals surface area contributed by atoms with Crippen LogP contribution in [-0.4, -0.2) is 5.78 Å². The highest BCUT2D eigenvalue weighted by atomic mass is 16.1. The lowest BCUT2D eigenvalue weighted by atomic mass is 9.89. The second-order valence-corrected chi connectivity index (χ2v) is 5.09. The Hall–Kier alpha value is -2.09. The van der Waals surface area contributed by atoms with E-state index >= 15 is 0 Å². The quantitative estimate of drug-likeness (QED) is 0.654. The fourth-order valence-corrected chi connectivity index (χ4v) is 2.34. The molecular formula is C17H19NO. The predicted molar refractivity (Wildman–Crippen MR) is 79.7 cm³/mol. The van der Waals surface area contributed by atoms with Gasteiger partial charge in [-0.05, 0) is 74.2 Å². The minimum absolute atomic E-state index is 0.0711. The van der Waals surface area contributed by atoms with Crippen LogP contribution >= 0.6 is 0 Å². The summed E-state index contributed by atoms with van der Waals surface area (Å²) in [6.45, 7) is 8.10. The Labute approximate surface area is 114 Å². The molecule has 98 valence electrons. The van der Waals surface area contributed by atoms with Crippen molar-refractivity contribution in [3.63, 3.8) is 0 Å². The number of hydrogen-bond donors (Lipinski definition) is 1. The maximum Gasteiger partial charge on any atom is 0.193 e. The van der Waals surface area contributed by atoms with Gasteiger partial charge in [0.2, 0.25) is 0 Å². The van der Waals surface area contributed by atoms with Gasteiger partial charge in [-0.3, -0.25) is 4.79 Å². The minimum atomic E-state index is 0.0711. The predicted octanol–water partition coefficient (Wildman–Crippen LogP) is 3.73. The van der Waals surface area contributed by atoms with Crippen molar-refractivity contribution < 1.29 is 4.79 Å². The molecule has 0 unspecified atom stereocenters. The van der Waals surface area contributed by atoms with Gasteiger partial charge in [0.15, 0.2) is 5.78 Å². The molecule has 2 N–H and O–H groups in total. The zero-order valence-corrected chi connectivity index (χ0v) is 11.9. The molecule has 0 bridgehead atoms. The number of anilines is 1. The van der Waals surface area contributed by atoms with E-state index in [1.54, 1.807) is 24.3 Å². The van der Waals surface area contributed by atoms with Crippen molar-refractivity contribution in [3.05, 3.63) is 63.7 Å². The number of benzene rings is 2. The second kappa shape index (κ2) is 4.88. The van der Waals surface area contributed by atoms with Crippen LogP contribution in [0.15, 0.2) is 30.3 Å². The molecule has 19 heavy (non-hydrogen) atoms. The molecule has 2 aromatic rings. The molecule has 0 atom stereocenters. The summed E-state index contributed by atoms with van der Waals surface area (Å²) in [6, 6.07) is 9.23. The molecular weight excluding hydrogens is 234 g/mol. The number of hydrogen-bond acceptors (Lipinski definition) is 2. The summed E-state index contributed by atoms with van der Waals surface area (Å²) < 4.78 is 0. The largest absolute Gasteiger partial charge is 0.399 e. The Morgan fingerprint density at radius 2 is 1.37 bits per heavy atom. The fraction of sp³-hybridized carbons (Fsp3) is 0.235. The van der Waals surface area contributed by atoms with Crippen molar-refractivity contribution in [2.45, 2.75) is 27.7 Å². The molecule has 2 rings (SSSR count). The van der Waals surface area contributed by atoms with E-state index in [2.05, 4.69) is 6.07 Å². The maximum absolute atomic E-state index is 12.7. The zero-order valence-electron chi connectivity index (χ0n) is 11.9. The first kappa shape index (κ1) is 13.3. The Balaban J connectivity index is 2.59. The van der Waals surface area contributed by atoms with E-state index in [0.717, 1.165) is 27.8 Å². The van der Waals surface area contributed by atoms with Gasteiger partial charge in [0.05, 0.1) is 0 Å². The Morgan fingerprint density at radius 1 is 0.895 bits per heavy atom. The number of ketones is 1. The lowest BCUT2D eigenvalue weighted by Gasteiger charge is -2.14. The lowest BCUT2D eigenvalue weighted by Crippen LogP contribution is -2.09. The molecule has 0 aliphatic carbocycles. The maximum atomic E-state index is 12.7. The van der Waals surface area contributed by atoms with E-state index in [4.69, 9.17) is 5.73 Å². The summed E-state index contributed by atoms with van der Waals surface area (Å²) in [5.74, 6) is 0.0711. The first-order valence-electron chi connectivity index (χ1n) is 6.39. The van der Waals surface area contributed by atoms with Crippen LogP contribution < -0.4 is 5.73 Å².